The van der Waals surface area contributed by atoms with Crippen LogP contribution < -0.4 is 15.4 Å². The minimum atomic E-state index is -3.84. The van der Waals surface area contributed by atoms with Crippen LogP contribution in [-0.4, -0.2) is 72.2 Å². The molecule has 5 atom stereocenters. The van der Waals surface area contributed by atoms with Gasteiger partial charge in [-0.1, -0.05) is 55.3 Å². The Balaban J connectivity index is 1.58. The van der Waals surface area contributed by atoms with Gasteiger partial charge in [-0.2, -0.15) is 0 Å². The molecule has 2 saturated carbocycles. The van der Waals surface area contributed by atoms with Gasteiger partial charge in [-0.15, -0.1) is 13.2 Å². The number of rotatable bonds is 15. The third-order valence-corrected chi connectivity index (χ3v) is 10.6. The smallest absolute Gasteiger partial charge is 0.408 e. The summed E-state index contributed by atoms with van der Waals surface area (Å²) in [6.45, 7) is 12.9. The summed E-state index contributed by atoms with van der Waals surface area (Å²) >= 11 is 0. The number of unbranched alkanes of at least 4 members (excludes halogenated alkanes) is 3. The van der Waals surface area contributed by atoms with E-state index in [4.69, 9.17) is 4.74 Å². The number of nitrogens with zero attached hydrogens (tertiary/aromatic N) is 1. The van der Waals surface area contributed by atoms with Gasteiger partial charge < -0.3 is 20.3 Å². The highest BCUT2D eigenvalue weighted by Gasteiger charge is 2.62. The van der Waals surface area contributed by atoms with Crippen molar-refractivity contribution in [2.24, 2.45) is 5.92 Å². The fourth-order valence-corrected chi connectivity index (χ4v) is 7.40. The number of alkyl carbamates (subject to hydrolysis) is 1. The van der Waals surface area contributed by atoms with Crippen molar-refractivity contribution in [2.75, 3.05) is 6.54 Å². The first kappa shape index (κ1) is 35.2. The minimum absolute atomic E-state index is 0.176. The Morgan fingerprint density at radius 1 is 1.09 bits per heavy atom. The highest BCUT2D eigenvalue weighted by atomic mass is 32.2. The molecule has 1 aromatic carbocycles. The van der Waals surface area contributed by atoms with E-state index < -0.39 is 68.2 Å². The molecule has 1 heterocycles. The number of ether oxygens (including phenoxy) is 1. The van der Waals surface area contributed by atoms with Gasteiger partial charge in [-0.05, 0) is 71.3 Å². The molecule has 0 radical (unpaired) electrons. The van der Waals surface area contributed by atoms with Gasteiger partial charge in [0, 0.05) is 18.4 Å². The number of hydrogen-bond donors (Lipinski definition) is 3. The van der Waals surface area contributed by atoms with E-state index in [9.17, 15) is 27.6 Å². The molecule has 0 unspecified atom stereocenters. The quantitative estimate of drug-likeness (QED) is 0.190. The maximum absolute atomic E-state index is 14.2. The normalized spacial score (nSPS) is 24.8. The fourth-order valence-electron chi connectivity index (χ4n) is 6.04. The highest BCUT2D eigenvalue weighted by Crippen LogP contribution is 2.46. The molecule has 12 heteroatoms. The summed E-state index contributed by atoms with van der Waals surface area (Å²) in [5.74, 6) is -2.41. The van der Waals surface area contributed by atoms with Crippen LogP contribution in [0.4, 0.5) is 4.79 Å². The second-order valence-electron chi connectivity index (χ2n) is 13.7. The van der Waals surface area contributed by atoms with Crippen LogP contribution in [0.3, 0.4) is 0 Å². The fraction of sp³-hybridized carbons (Fsp3) is 0.588. The number of benzene rings is 1. The van der Waals surface area contributed by atoms with Gasteiger partial charge in [0.15, 0.2) is 0 Å². The average molecular weight is 657 g/mol. The molecule has 0 aromatic heterocycles. The van der Waals surface area contributed by atoms with E-state index >= 15 is 0 Å². The number of likely N-dealkylation sites (tertiary alicyclic amines) is 1. The van der Waals surface area contributed by atoms with Gasteiger partial charge in [-0.3, -0.25) is 19.1 Å². The molecule has 2 aliphatic carbocycles. The van der Waals surface area contributed by atoms with Crippen LogP contribution in [0.1, 0.15) is 90.0 Å². The largest absolute Gasteiger partial charge is 0.444 e. The van der Waals surface area contributed by atoms with Crippen LogP contribution >= 0.6 is 0 Å². The van der Waals surface area contributed by atoms with Crippen molar-refractivity contribution in [2.45, 2.75) is 113 Å². The average Bonchev–Trinajstić information content (AvgIpc) is 3.92. The van der Waals surface area contributed by atoms with E-state index in [1.54, 1.807) is 20.8 Å². The predicted molar refractivity (Wildman–Crippen MR) is 175 cm³/mol. The molecule has 46 heavy (non-hydrogen) atoms. The minimum Gasteiger partial charge on any atom is -0.444 e. The predicted octanol–water partition coefficient (Wildman–Crippen LogP) is 4.07. The summed E-state index contributed by atoms with van der Waals surface area (Å²) < 4.78 is 32.8. The van der Waals surface area contributed by atoms with E-state index in [0.717, 1.165) is 24.8 Å². The summed E-state index contributed by atoms with van der Waals surface area (Å²) in [5, 5.41) is 4.96. The second kappa shape index (κ2) is 14.4. The number of nitrogens with one attached hydrogen (secondary N) is 3. The molecule has 0 bridgehead atoms. The maximum Gasteiger partial charge on any atom is 0.408 e. The first-order valence-electron chi connectivity index (χ1n) is 16.2. The third kappa shape index (κ3) is 8.77. The number of sulfonamides is 1. The van der Waals surface area contributed by atoms with E-state index in [0.29, 0.717) is 25.7 Å². The third-order valence-electron chi connectivity index (χ3n) is 8.80. The van der Waals surface area contributed by atoms with Crippen molar-refractivity contribution in [3.05, 3.63) is 61.2 Å². The van der Waals surface area contributed by atoms with Gasteiger partial charge in [0.05, 0.1) is 5.25 Å². The van der Waals surface area contributed by atoms with E-state index in [2.05, 4.69) is 28.5 Å². The van der Waals surface area contributed by atoms with E-state index in [-0.39, 0.29) is 25.3 Å². The molecule has 4 amide bonds. The molecule has 4 rings (SSSR count). The molecular formula is C34H48N4O7S. The van der Waals surface area contributed by atoms with Crippen molar-refractivity contribution in [1.82, 2.24) is 20.3 Å². The molecule has 3 aliphatic rings. The molecule has 11 nitrogen and oxygen atoms in total. The van der Waals surface area contributed by atoms with Gasteiger partial charge in [0.1, 0.15) is 23.2 Å². The van der Waals surface area contributed by atoms with Crippen LogP contribution in [0.5, 0.6) is 0 Å². The Morgan fingerprint density at radius 3 is 2.37 bits per heavy atom. The number of carbonyl (C=O) groups is 4. The zero-order valence-corrected chi connectivity index (χ0v) is 27.9. The second-order valence-corrected chi connectivity index (χ2v) is 15.6. The Labute approximate surface area is 272 Å². The molecule has 3 fully saturated rings. The van der Waals surface area contributed by atoms with Crippen molar-refractivity contribution < 1.29 is 32.3 Å². The van der Waals surface area contributed by atoms with Crippen LogP contribution in [-0.2, 0) is 29.1 Å². The van der Waals surface area contributed by atoms with Crippen LogP contribution in [0.15, 0.2) is 55.6 Å². The van der Waals surface area contributed by atoms with E-state index in [1.165, 1.54) is 11.0 Å². The Kier molecular flexibility index (Phi) is 11.0. The maximum atomic E-state index is 14.2. The Hall–Kier alpha value is -3.67. The molecular weight excluding hydrogens is 608 g/mol. The lowest BCUT2D eigenvalue weighted by atomic mass is 9.96. The van der Waals surface area contributed by atoms with E-state index in [1.807, 2.05) is 36.4 Å². The summed E-state index contributed by atoms with van der Waals surface area (Å²) in [6, 6.07) is 7.65. The number of carbonyl (C=O) groups excluding carboxylic acids is 4. The first-order chi connectivity index (χ1) is 21.7. The van der Waals surface area contributed by atoms with Gasteiger partial charge >= 0.3 is 6.09 Å². The van der Waals surface area contributed by atoms with Crippen LogP contribution in [0.2, 0.25) is 0 Å². The Bertz CT molecular complexity index is 1420. The van der Waals surface area contributed by atoms with Gasteiger partial charge in [-0.25, -0.2) is 13.2 Å². The summed E-state index contributed by atoms with van der Waals surface area (Å²) in [5.41, 5.74) is -1.29. The number of hydrogen-bond acceptors (Lipinski definition) is 7. The topological polar surface area (TPSA) is 151 Å². The lowest BCUT2D eigenvalue weighted by Crippen LogP contribution is -2.58. The Morgan fingerprint density at radius 2 is 1.78 bits per heavy atom. The molecule has 1 saturated heterocycles. The standard InChI is InChI=1S/C34H48N4O7S/c1-6-8-9-10-14-17-27(35-32(42)45-33(3,4)5)30(40)38-22-24(23-15-12-11-13-16-23)20-28(38)29(39)36-34(21-25(34)7-2)31(41)37-46(43,44)26-18-19-26/h6-7,11-13,15-16,24-28H,1-2,8-10,14,17-22H2,3-5H3,(H,35,42)(H,36,39)(H,37,41)/t24-,25-,27+,28+,34-/m1/s1. The number of amides is 4. The summed E-state index contributed by atoms with van der Waals surface area (Å²) in [7, 11) is -3.84. The highest BCUT2D eigenvalue weighted by molar-refractivity contribution is 7.91. The monoisotopic (exact) mass is 656 g/mol. The van der Waals surface area contributed by atoms with Crippen molar-refractivity contribution in [1.29, 1.82) is 0 Å². The molecule has 1 aromatic rings. The van der Waals surface area contributed by atoms with Crippen molar-refractivity contribution in [3.8, 4) is 0 Å². The molecule has 0 spiro atoms. The SMILES string of the molecule is C=CCCCCC[C@H](NC(=O)OC(C)(C)C)C(=O)N1C[C@H](c2ccccc2)C[C@H]1C(=O)N[C@]1(C(=O)NS(=O)(=O)C2CC2)C[C@H]1C=C. The van der Waals surface area contributed by atoms with Crippen molar-refractivity contribution >= 4 is 33.8 Å². The summed E-state index contributed by atoms with van der Waals surface area (Å²) in [4.78, 5) is 55.9. The summed E-state index contributed by atoms with van der Waals surface area (Å²) in [6.07, 6.45) is 7.67. The lowest BCUT2D eigenvalue weighted by Gasteiger charge is -2.30. The zero-order valence-electron chi connectivity index (χ0n) is 27.1. The van der Waals surface area contributed by atoms with Crippen LogP contribution in [0, 0.1) is 5.92 Å². The van der Waals surface area contributed by atoms with Gasteiger partial charge in [0.2, 0.25) is 21.8 Å². The number of allylic oxidation sites excluding steroid dienone is 1. The zero-order chi connectivity index (χ0) is 33.7. The van der Waals surface area contributed by atoms with Crippen LogP contribution in [0.25, 0.3) is 0 Å². The molecule has 252 valence electrons. The lowest BCUT2D eigenvalue weighted by molar-refractivity contribution is -0.141. The van der Waals surface area contributed by atoms with Gasteiger partial charge in [0.25, 0.3) is 5.91 Å². The molecule has 1 aliphatic heterocycles. The first-order valence-corrected chi connectivity index (χ1v) is 17.7. The molecule has 3 N–H and O–H groups in total. The van der Waals surface area contributed by atoms with Crippen molar-refractivity contribution in [3.63, 3.8) is 0 Å².